The van der Waals surface area contributed by atoms with Crippen molar-refractivity contribution in [3.8, 4) is 0 Å². The van der Waals surface area contributed by atoms with Gasteiger partial charge in [0.15, 0.2) is 0 Å². The van der Waals surface area contributed by atoms with Gasteiger partial charge in [-0.15, -0.1) is 0 Å². The van der Waals surface area contributed by atoms with Crippen molar-refractivity contribution in [1.82, 2.24) is 9.80 Å². The molecule has 0 radical (unpaired) electrons. The lowest BCUT2D eigenvalue weighted by Crippen LogP contribution is -2.48. The van der Waals surface area contributed by atoms with Crippen LogP contribution < -0.4 is 5.73 Å². The topological polar surface area (TPSA) is 79.0 Å². The van der Waals surface area contributed by atoms with Gasteiger partial charge in [-0.3, -0.25) is 4.90 Å². The predicted molar refractivity (Wildman–Crippen MR) is 55.9 cm³/mol. The highest BCUT2D eigenvalue weighted by molar-refractivity contribution is 5.64. The number of nitrogens with zero attached hydrogens (tertiary/aromatic N) is 2. The van der Waals surface area contributed by atoms with Gasteiger partial charge in [-0.1, -0.05) is 0 Å². The van der Waals surface area contributed by atoms with Crippen LogP contribution in [0.1, 0.15) is 0 Å². The molecule has 0 aromatic carbocycles. The van der Waals surface area contributed by atoms with Gasteiger partial charge in [0.25, 0.3) is 0 Å². The summed E-state index contributed by atoms with van der Waals surface area (Å²) in [6, 6.07) is 0. The summed E-state index contributed by atoms with van der Waals surface area (Å²) >= 11 is 0. The first-order valence-electron chi connectivity index (χ1n) is 5.11. The van der Waals surface area contributed by atoms with Crippen molar-refractivity contribution in [2.24, 2.45) is 5.73 Å². The van der Waals surface area contributed by atoms with Crippen LogP contribution >= 0.6 is 0 Å². The van der Waals surface area contributed by atoms with Crippen LogP contribution in [0.5, 0.6) is 0 Å². The number of rotatable bonds is 4. The summed E-state index contributed by atoms with van der Waals surface area (Å²) in [4.78, 5) is 14.1. The molecule has 0 spiro atoms. The average molecular weight is 217 g/mol. The molecule has 1 rings (SSSR count). The molecule has 1 heterocycles. The molecule has 6 heteroatoms. The Kier molecular flexibility index (Phi) is 4.80. The van der Waals surface area contributed by atoms with E-state index in [1.54, 1.807) is 7.05 Å². The number of ether oxygens (including phenoxy) is 1. The molecule has 0 aliphatic carbocycles. The Labute approximate surface area is 89.6 Å². The molecule has 6 nitrogen and oxygen atoms in total. The molecule has 0 saturated carbocycles. The Morgan fingerprint density at radius 2 is 2.47 bits per heavy atom. The van der Waals surface area contributed by atoms with Crippen LogP contribution in [-0.2, 0) is 4.74 Å². The minimum Gasteiger partial charge on any atom is -0.465 e. The van der Waals surface area contributed by atoms with Crippen LogP contribution in [0.4, 0.5) is 4.79 Å². The molecule has 1 amide bonds. The van der Waals surface area contributed by atoms with Crippen LogP contribution in [0, 0.1) is 0 Å². The quantitative estimate of drug-likeness (QED) is 0.648. The van der Waals surface area contributed by atoms with E-state index in [1.807, 2.05) is 0 Å². The second-order valence-corrected chi connectivity index (χ2v) is 3.75. The number of nitrogens with two attached hydrogens (primary N) is 1. The van der Waals surface area contributed by atoms with E-state index in [2.05, 4.69) is 4.90 Å². The first-order valence-corrected chi connectivity index (χ1v) is 5.11. The van der Waals surface area contributed by atoms with E-state index in [-0.39, 0.29) is 6.10 Å². The Morgan fingerprint density at radius 1 is 1.73 bits per heavy atom. The molecule has 15 heavy (non-hydrogen) atoms. The molecular weight excluding hydrogens is 198 g/mol. The molecule has 0 unspecified atom stereocenters. The molecule has 1 fully saturated rings. The zero-order chi connectivity index (χ0) is 11.3. The van der Waals surface area contributed by atoms with Crippen molar-refractivity contribution in [2.75, 3.05) is 46.4 Å². The van der Waals surface area contributed by atoms with Gasteiger partial charge in [0.05, 0.1) is 19.3 Å². The van der Waals surface area contributed by atoms with Gasteiger partial charge >= 0.3 is 6.09 Å². The van der Waals surface area contributed by atoms with Gasteiger partial charge in [0.2, 0.25) is 0 Å². The third-order valence-electron chi connectivity index (χ3n) is 2.47. The summed E-state index contributed by atoms with van der Waals surface area (Å²) in [5.74, 6) is 0. The monoisotopic (exact) mass is 217 g/mol. The standard InChI is InChI=1S/C9H19N3O3/c1-11(9(13)14)6-8-7-12(3-2-10)4-5-15-8/h8H,2-7,10H2,1H3,(H,13,14)/t8-/m1/s1. The summed E-state index contributed by atoms with van der Waals surface area (Å²) < 4.78 is 5.49. The average Bonchev–Trinajstić information content (AvgIpc) is 2.18. The normalized spacial score (nSPS) is 22.7. The van der Waals surface area contributed by atoms with Gasteiger partial charge in [-0.25, -0.2) is 4.79 Å². The van der Waals surface area contributed by atoms with Crippen molar-refractivity contribution >= 4 is 6.09 Å². The molecule has 1 aliphatic heterocycles. The van der Waals surface area contributed by atoms with Crippen LogP contribution in [0.15, 0.2) is 0 Å². The lowest BCUT2D eigenvalue weighted by Gasteiger charge is -2.33. The summed E-state index contributed by atoms with van der Waals surface area (Å²) in [6.07, 6.45) is -0.957. The third kappa shape index (κ3) is 4.03. The molecule has 1 atom stereocenters. The molecule has 0 aromatic heterocycles. The SMILES string of the molecule is CN(C[C@@H]1CN(CCN)CCO1)C(=O)O. The Bertz CT molecular complexity index is 211. The number of hydrogen-bond donors (Lipinski definition) is 2. The fraction of sp³-hybridized carbons (Fsp3) is 0.889. The van der Waals surface area contributed by atoms with E-state index < -0.39 is 6.09 Å². The van der Waals surface area contributed by atoms with Crippen molar-refractivity contribution in [2.45, 2.75) is 6.10 Å². The Hall–Kier alpha value is -0.850. The van der Waals surface area contributed by atoms with E-state index >= 15 is 0 Å². The van der Waals surface area contributed by atoms with Crippen LogP contribution in [-0.4, -0.2) is 73.5 Å². The lowest BCUT2D eigenvalue weighted by molar-refractivity contribution is -0.0373. The van der Waals surface area contributed by atoms with E-state index in [4.69, 9.17) is 15.6 Å². The zero-order valence-electron chi connectivity index (χ0n) is 9.06. The number of carbonyl (C=O) groups is 1. The van der Waals surface area contributed by atoms with Gasteiger partial charge in [0.1, 0.15) is 0 Å². The Balaban J connectivity index is 2.32. The maximum Gasteiger partial charge on any atom is 0.407 e. The number of likely N-dealkylation sites (N-methyl/N-ethyl adjacent to an activating group) is 1. The first-order chi connectivity index (χ1) is 7.13. The molecule has 1 saturated heterocycles. The molecule has 0 bridgehead atoms. The van der Waals surface area contributed by atoms with Gasteiger partial charge in [-0.05, 0) is 0 Å². The smallest absolute Gasteiger partial charge is 0.407 e. The fourth-order valence-corrected chi connectivity index (χ4v) is 1.66. The van der Waals surface area contributed by atoms with E-state index in [9.17, 15) is 4.79 Å². The number of carboxylic acid groups (broad SMARTS) is 1. The van der Waals surface area contributed by atoms with Crippen molar-refractivity contribution in [3.05, 3.63) is 0 Å². The van der Waals surface area contributed by atoms with Gasteiger partial charge in [0, 0.05) is 33.2 Å². The number of morpholine rings is 1. The zero-order valence-corrected chi connectivity index (χ0v) is 9.06. The largest absolute Gasteiger partial charge is 0.465 e. The third-order valence-corrected chi connectivity index (χ3v) is 2.47. The summed E-state index contributed by atoms with van der Waals surface area (Å²) in [6.45, 7) is 4.17. The maximum absolute atomic E-state index is 10.6. The van der Waals surface area contributed by atoms with Crippen LogP contribution in [0.3, 0.4) is 0 Å². The maximum atomic E-state index is 10.6. The summed E-state index contributed by atoms with van der Waals surface area (Å²) in [5.41, 5.74) is 5.47. The Morgan fingerprint density at radius 3 is 3.07 bits per heavy atom. The van der Waals surface area contributed by atoms with E-state index in [1.165, 1.54) is 4.90 Å². The first kappa shape index (κ1) is 12.2. The van der Waals surface area contributed by atoms with Crippen molar-refractivity contribution in [1.29, 1.82) is 0 Å². The molecule has 3 N–H and O–H groups in total. The lowest BCUT2D eigenvalue weighted by atomic mass is 10.2. The number of amides is 1. The minimum atomic E-state index is -0.922. The highest BCUT2D eigenvalue weighted by Gasteiger charge is 2.22. The van der Waals surface area contributed by atoms with E-state index in [0.29, 0.717) is 19.7 Å². The summed E-state index contributed by atoms with van der Waals surface area (Å²) in [5, 5.41) is 8.72. The molecular formula is C9H19N3O3. The second-order valence-electron chi connectivity index (χ2n) is 3.75. The van der Waals surface area contributed by atoms with Gasteiger partial charge < -0.3 is 20.5 Å². The van der Waals surface area contributed by atoms with Crippen molar-refractivity contribution < 1.29 is 14.6 Å². The summed E-state index contributed by atoms with van der Waals surface area (Å²) in [7, 11) is 1.55. The minimum absolute atomic E-state index is 0.0357. The van der Waals surface area contributed by atoms with Gasteiger partial charge in [-0.2, -0.15) is 0 Å². The molecule has 88 valence electrons. The van der Waals surface area contributed by atoms with Crippen LogP contribution in [0.25, 0.3) is 0 Å². The molecule has 1 aliphatic rings. The predicted octanol–water partition coefficient (Wildman–Crippen LogP) is -0.744. The highest BCUT2D eigenvalue weighted by atomic mass is 16.5. The molecule has 0 aromatic rings. The van der Waals surface area contributed by atoms with Crippen LogP contribution in [0.2, 0.25) is 0 Å². The second kappa shape index (κ2) is 5.89. The number of hydrogen-bond acceptors (Lipinski definition) is 4. The fourth-order valence-electron chi connectivity index (χ4n) is 1.66. The highest BCUT2D eigenvalue weighted by Crippen LogP contribution is 2.05. The van der Waals surface area contributed by atoms with E-state index in [0.717, 1.165) is 19.6 Å². The van der Waals surface area contributed by atoms with Crippen molar-refractivity contribution in [3.63, 3.8) is 0 Å².